The van der Waals surface area contributed by atoms with Gasteiger partial charge in [-0.1, -0.05) is 77.6 Å². The molecule has 0 aromatic carbocycles. The van der Waals surface area contributed by atoms with Gasteiger partial charge < -0.3 is 10.6 Å². The first-order valence-electron chi connectivity index (χ1n) is 7.02. The molecule has 0 aliphatic carbocycles. The SMILES string of the molecule is CC(C)[Si](C(C)C)(C(C)C)C(C)C.O.O=C(O)C(F)(F)F. The van der Waals surface area contributed by atoms with E-state index in [2.05, 4.69) is 55.4 Å². The van der Waals surface area contributed by atoms with Crippen molar-refractivity contribution in [3.63, 3.8) is 0 Å². The van der Waals surface area contributed by atoms with Crippen molar-refractivity contribution < 1.29 is 28.5 Å². The van der Waals surface area contributed by atoms with E-state index >= 15 is 0 Å². The van der Waals surface area contributed by atoms with Crippen LogP contribution in [0.25, 0.3) is 0 Å². The molecule has 7 heteroatoms. The van der Waals surface area contributed by atoms with Gasteiger partial charge in [0.15, 0.2) is 0 Å². The molecule has 0 aliphatic heterocycles. The minimum absolute atomic E-state index is 0. The summed E-state index contributed by atoms with van der Waals surface area (Å²) in [4.78, 5) is 8.90. The second-order valence-corrected chi connectivity index (χ2v) is 13.0. The minimum Gasteiger partial charge on any atom is -0.475 e. The fourth-order valence-electron chi connectivity index (χ4n) is 4.00. The van der Waals surface area contributed by atoms with Gasteiger partial charge in [0.05, 0.1) is 8.07 Å². The Kier molecular flexibility index (Phi) is 11.4. The van der Waals surface area contributed by atoms with Crippen molar-refractivity contribution in [1.29, 1.82) is 0 Å². The molecule has 3 nitrogen and oxygen atoms in total. The quantitative estimate of drug-likeness (QED) is 0.745. The number of halogens is 3. The Morgan fingerprint density at radius 2 is 0.952 bits per heavy atom. The fraction of sp³-hybridized carbons (Fsp3) is 0.929. The van der Waals surface area contributed by atoms with Crippen LogP contribution in [0.2, 0.25) is 22.2 Å². The van der Waals surface area contributed by atoms with Gasteiger partial charge in [-0.3, -0.25) is 0 Å². The Bertz CT molecular complexity index is 263. The Morgan fingerprint density at radius 1 is 0.810 bits per heavy atom. The second-order valence-electron chi connectivity index (χ2n) is 6.42. The molecule has 0 saturated carbocycles. The van der Waals surface area contributed by atoms with E-state index in [-0.39, 0.29) is 5.48 Å². The van der Waals surface area contributed by atoms with Gasteiger partial charge in [-0.15, -0.1) is 0 Å². The predicted octanol–water partition coefficient (Wildman–Crippen LogP) is 4.88. The van der Waals surface area contributed by atoms with Crippen molar-refractivity contribution in [2.75, 3.05) is 0 Å². The lowest BCUT2D eigenvalue weighted by atomic mass is 10.5. The van der Waals surface area contributed by atoms with Crippen molar-refractivity contribution >= 4 is 14.0 Å². The molecule has 0 aliphatic rings. The molecular weight excluding hydrogens is 301 g/mol. The summed E-state index contributed by atoms with van der Waals surface area (Å²) in [6.07, 6.45) is -5.08. The maximum atomic E-state index is 10.6. The van der Waals surface area contributed by atoms with Crippen LogP contribution in [0.4, 0.5) is 13.2 Å². The second kappa shape index (κ2) is 9.45. The zero-order valence-electron chi connectivity index (χ0n) is 14.3. The Morgan fingerprint density at radius 3 is 0.952 bits per heavy atom. The van der Waals surface area contributed by atoms with Crippen LogP contribution >= 0.6 is 0 Å². The molecule has 0 bridgehead atoms. The highest BCUT2D eigenvalue weighted by Crippen LogP contribution is 2.48. The van der Waals surface area contributed by atoms with Crippen LogP contribution in [0.5, 0.6) is 0 Å². The van der Waals surface area contributed by atoms with Gasteiger partial charge in [-0.25, -0.2) is 4.79 Å². The molecule has 0 radical (unpaired) electrons. The molecule has 0 spiro atoms. The lowest BCUT2D eigenvalue weighted by Gasteiger charge is -2.46. The van der Waals surface area contributed by atoms with E-state index in [1.165, 1.54) is 0 Å². The van der Waals surface area contributed by atoms with Gasteiger partial charge in [0.1, 0.15) is 0 Å². The van der Waals surface area contributed by atoms with E-state index in [9.17, 15) is 13.2 Å². The summed E-state index contributed by atoms with van der Waals surface area (Å²) in [5, 5.41) is 7.12. The van der Waals surface area contributed by atoms with Crippen LogP contribution in [-0.2, 0) is 4.79 Å². The summed E-state index contributed by atoms with van der Waals surface area (Å²) in [6.45, 7) is 19.5. The van der Waals surface area contributed by atoms with Gasteiger partial charge in [-0.05, 0) is 0 Å². The van der Waals surface area contributed by atoms with Crippen LogP contribution in [0.1, 0.15) is 55.4 Å². The third-order valence-electron chi connectivity index (χ3n) is 4.24. The largest absolute Gasteiger partial charge is 0.490 e. The Labute approximate surface area is 127 Å². The topological polar surface area (TPSA) is 68.8 Å². The van der Waals surface area contributed by atoms with E-state index in [4.69, 9.17) is 9.90 Å². The predicted molar refractivity (Wildman–Crippen MR) is 83.5 cm³/mol. The van der Waals surface area contributed by atoms with Crippen LogP contribution in [0, 0.1) is 0 Å². The molecule has 21 heavy (non-hydrogen) atoms. The molecule has 0 unspecified atom stereocenters. The van der Waals surface area contributed by atoms with Crippen LogP contribution in [0.3, 0.4) is 0 Å². The maximum absolute atomic E-state index is 10.6. The first-order valence-corrected chi connectivity index (χ1v) is 9.33. The maximum Gasteiger partial charge on any atom is 0.490 e. The van der Waals surface area contributed by atoms with Gasteiger partial charge in [-0.2, -0.15) is 13.2 Å². The molecule has 0 fully saturated rings. The number of hydrogen-bond donors (Lipinski definition) is 1. The Balaban J connectivity index is -0.000000347. The molecular formula is C14H31F3O3Si. The molecule has 0 heterocycles. The molecule has 0 aromatic rings. The molecule has 3 N–H and O–H groups in total. The third kappa shape index (κ3) is 6.82. The average molecular weight is 332 g/mol. The van der Waals surface area contributed by atoms with Crippen molar-refractivity contribution in [3.8, 4) is 0 Å². The standard InChI is InChI=1S/C12H28Si.C2HF3O2.H2O/c1-9(2)13(10(3)4,11(5)6)12(7)8;3-2(4,5)1(6)7;/h9-12H,1-8H3;(H,6,7);1H2. The highest BCUT2D eigenvalue weighted by atomic mass is 28.3. The van der Waals surface area contributed by atoms with E-state index in [1.54, 1.807) is 0 Å². The van der Waals surface area contributed by atoms with Crippen molar-refractivity contribution in [1.82, 2.24) is 0 Å². The molecule has 0 rings (SSSR count). The Hall–Kier alpha value is -0.563. The zero-order chi connectivity index (χ0) is 16.9. The van der Waals surface area contributed by atoms with E-state index in [1.807, 2.05) is 0 Å². The lowest BCUT2D eigenvalue weighted by Crippen LogP contribution is -2.47. The normalized spacial score (nSPS) is 12.3. The van der Waals surface area contributed by atoms with Gasteiger partial charge in [0.2, 0.25) is 0 Å². The van der Waals surface area contributed by atoms with Crippen molar-refractivity contribution in [3.05, 3.63) is 0 Å². The van der Waals surface area contributed by atoms with Gasteiger partial charge in [0, 0.05) is 0 Å². The number of carbonyl (C=O) groups is 1. The molecule has 130 valence electrons. The summed E-state index contributed by atoms with van der Waals surface area (Å²) in [5.74, 6) is -2.76. The molecule has 0 atom stereocenters. The van der Waals surface area contributed by atoms with Crippen LogP contribution in [0.15, 0.2) is 0 Å². The van der Waals surface area contributed by atoms with E-state index in [0.717, 1.165) is 22.2 Å². The number of carboxylic acid groups (broad SMARTS) is 1. The third-order valence-corrected chi connectivity index (χ3v) is 12.2. The van der Waals surface area contributed by atoms with Gasteiger partial charge >= 0.3 is 12.1 Å². The summed E-state index contributed by atoms with van der Waals surface area (Å²) < 4.78 is 31.7. The number of rotatable bonds is 4. The van der Waals surface area contributed by atoms with Crippen LogP contribution in [-0.4, -0.2) is 30.8 Å². The number of aliphatic carboxylic acids is 1. The first-order chi connectivity index (χ1) is 8.72. The monoisotopic (exact) mass is 332 g/mol. The number of carboxylic acids is 1. The highest BCUT2D eigenvalue weighted by Gasteiger charge is 2.44. The summed E-state index contributed by atoms with van der Waals surface area (Å²) in [7, 11) is -1.10. The number of hydrogen-bond acceptors (Lipinski definition) is 1. The van der Waals surface area contributed by atoms with E-state index in [0.29, 0.717) is 0 Å². The average Bonchev–Trinajstić information content (AvgIpc) is 2.14. The summed E-state index contributed by atoms with van der Waals surface area (Å²) >= 11 is 0. The minimum atomic E-state index is -5.08. The van der Waals surface area contributed by atoms with Crippen LogP contribution < -0.4 is 0 Å². The van der Waals surface area contributed by atoms with Crippen molar-refractivity contribution in [2.24, 2.45) is 0 Å². The van der Waals surface area contributed by atoms with Crippen molar-refractivity contribution in [2.45, 2.75) is 83.7 Å². The first kappa shape index (κ1) is 25.4. The van der Waals surface area contributed by atoms with Gasteiger partial charge in [0.25, 0.3) is 0 Å². The zero-order valence-corrected chi connectivity index (χ0v) is 15.3. The summed E-state index contributed by atoms with van der Waals surface area (Å²) in [5.41, 5.74) is 3.64. The number of alkyl halides is 3. The summed E-state index contributed by atoms with van der Waals surface area (Å²) in [6, 6.07) is 0. The molecule has 0 amide bonds. The highest BCUT2D eigenvalue weighted by molar-refractivity contribution is 6.84. The molecule has 0 saturated heterocycles. The smallest absolute Gasteiger partial charge is 0.475 e. The fourth-order valence-corrected chi connectivity index (χ4v) is 12.0. The lowest BCUT2D eigenvalue weighted by molar-refractivity contribution is -0.192. The molecule has 0 aromatic heterocycles. The van der Waals surface area contributed by atoms with E-state index < -0.39 is 20.2 Å².